The second kappa shape index (κ2) is 14.4. The smallest absolute Gasteiger partial charge is 0.286 e. The van der Waals surface area contributed by atoms with Crippen LogP contribution in [0.5, 0.6) is 0 Å². The number of thioether (sulfide) groups is 2. The van der Waals surface area contributed by atoms with E-state index in [2.05, 4.69) is 11.9 Å². The number of rotatable bonds is 13. The van der Waals surface area contributed by atoms with E-state index in [0.29, 0.717) is 56.5 Å². The summed E-state index contributed by atoms with van der Waals surface area (Å²) in [5.41, 5.74) is 0.969. The van der Waals surface area contributed by atoms with Crippen molar-refractivity contribution in [2.75, 3.05) is 27.2 Å². The number of nitrogens with zero attached hydrogens (tertiary/aromatic N) is 2. The zero-order valence-electron chi connectivity index (χ0n) is 20.1. The van der Waals surface area contributed by atoms with Crippen LogP contribution in [0.4, 0.5) is 4.79 Å². The largest absolute Gasteiger partial charge is 0.377 e. The van der Waals surface area contributed by atoms with Crippen molar-refractivity contribution in [3.05, 3.63) is 23.3 Å². The third-order valence-corrected chi connectivity index (χ3v) is 7.99. The summed E-state index contributed by atoms with van der Waals surface area (Å²) >= 11 is 2.10. The lowest BCUT2D eigenvalue weighted by Gasteiger charge is -2.25. The highest BCUT2D eigenvalue weighted by molar-refractivity contribution is 8.17. The Morgan fingerprint density at radius 1 is 1.06 bits per heavy atom. The molecular formula is C24H35N3O5S2. The lowest BCUT2D eigenvalue weighted by atomic mass is 10.1. The van der Waals surface area contributed by atoms with Gasteiger partial charge in [-0.3, -0.25) is 29.3 Å². The molecule has 0 aliphatic carbocycles. The summed E-state index contributed by atoms with van der Waals surface area (Å²) in [6.07, 6.45) is 8.20. The summed E-state index contributed by atoms with van der Waals surface area (Å²) in [6, 6.07) is 0. The fraction of sp³-hybridized carbons (Fsp3) is 0.625. The lowest BCUT2D eigenvalue weighted by molar-refractivity contribution is -0.130. The van der Waals surface area contributed by atoms with E-state index in [0.717, 1.165) is 54.9 Å². The molecule has 188 valence electrons. The maximum atomic E-state index is 12.4. The van der Waals surface area contributed by atoms with E-state index in [-0.39, 0.29) is 33.2 Å². The van der Waals surface area contributed by atoms with Gasteiger partial charge >= 0.3 is 0 Å². The van der Waals surface area contributed by atoms with Gasteiger partial charge in [0.05, 0.1) is 10.2 Å². The van der Waals surface area contributed by atoms with Gasteiger partial charge in [-0.25, -0.2) is 0 Å². The Labute approximate surface area is 210 Å². The first-order valence-electron chi connectivity index (χ1n) is 11.8. The van der Waals surface area contributed by atoms with Gasteiger partial charge in [0.25, 0.3) is 5.24 Å². The maximum absolute atomic E-state index is 12.4. The van der Waals surface area contributed by atoms with Crippen molar-refractivity contribution in [2.24, 2.45) is 0 Å². The normalized spacial score (nSPS) is 19.8. The fourth-order valence-corrected chi connectivity index (χ4v) is 5.37. The summed E-state index contributed by atoms with van der Waals surface area (Å²) in [4.78, 5) is 63.1. The maximum Gasteiger partial charge on any atom is 0.286 e. The van der Waals surface area contributed by atoms with Crippen molar-refractivity contribution in [1.82, 2.24) is 15.1 Å². The van der Waals surface area contributed by atoms with Crippen LogP contribution in [0.15, 0.2) is 23.3 Å². The Hall–Kier alpha value is -2.07. The Kier molecular flexibility index (Phi) is 11.9. The second-order valence-corrected chi connectivity index (χ2v) is 10.9. The molecule has 0 aromatic carbocycles. The predicted octanol–water partition coefficient (Wildman–Crippen LogP) is 3.87. The van der Waals surface area contributed by atoms with Crippen LogP contribution in [0, 0.1) is 0 Å². The van der Waals surface area contributed by atoms with Crippen LogP contribution >= 0.6 is 23.5 Å². The molecule has 2 fully saturated rings. The number of hydrogen-bond donors (Lipinski definition) is 1. The first kappa shape index (κ1) is 28.2. The van der Waals surface area contributed by atoms with E-state index < -0.39 is 0 Å². The van der Waals surface area contributed by atoms with E-state index in [1.54, 1.807) is 11.9 Å². The highest BCUT2D eigenvalue weighted by Crippen LogP contribution is 2.27. The number of unbranched alkanes of at least 4 members (excludes halogenated alkanes) is 2. The molecule has 0 aromatic heterocycles. The molecule has 3 amide bonds. The number of likely N-dealkylation sites (N-methyl/N-ethyl adjacent to an activating group) is 2. The molecule has 1 N–H and O–H groups in total. The molecule has 0 spiro atoms. The molecule has 0 bridgehead atoms. The van der Waals surface area contributed by atoms with Gasteiger partial charge in [0, 0.05) is 52.1 Å². The standard InChI is InChI=1S/C24H35N3O5S2/c1-17(9-4-5-11-19-18(28)10-8-14-22(30)33-19)26(2)15-16-27(3)21(29)13-7-6-12-20-23(31)25-24(32)34-20/h11,20H,1,4-10,12-16H2,2-3H3,(H,25,31,32)/b19-11-. The van der Waals surface area contributed by atoms with E-state index in [4.69, 9.17) is 0 Å². The third-order valence-electron chi connectivity index (χ3n) is 5.89. The number of imide groups is 1. The van der Waals surface area contributed by atoms with Gasteiger partial charge in [-0.1, -0.05) is 30.8 Å². The summed E-state index contributed by atoms with van der Waals surface area (Å²) in [5, 5.41) is 1.72. The first-order valence-corrected chi connectivity index (χ1v) is 13.5. The van der Waals surface area contributed by atoms with Crippen LogP contribution in [0.2, 0.25) is 0 Å². The van der Waals surface area contributed by atoms with Gasteiger partial charge in [0.15, 0.2) is 10.9 Å². The minimum Gasteiger partial charge on any atom is -0.377 e. The second-order valence-electron chi connectivity index (χ2n) is 8.64. The molecule has 8 nitrogen and oxygen atoms in total. The molecule has 2 saturated heterocycles. The number of carbonyl (C=O) groups is 5. The van der Waals surface area contributed by atoms with Crippen LogP contribution in [-0.2, 0) is 19.2 Å². The Balaban J connectivity index is 1.59. The summed E-state index contributed by atoms with van der Waals surface area (Å²) in [5.74, 6) is -0.104. The van der Waals surface area contributed by atoms with Gasteiger partial charge in [-0.05, 0) is 50.3 Å². The molecule has 2 heterocycles. The number of nitrogens with one attached hydrogen (secondary N) is 1. The van der Waals surface area contributed by atoms with Crippen LogP contribution in [0.1, 0.15) is 64.2 Å². The van der Waals surface area contributed by atoms with E-state index in [1.165, 1.54) is 0 Å². The molecule has 2 aliphatic rings. The van der Waals surface area contributed by atoms with Gasteiger partial charge in [0.1, 0.15) is 0 Å². The number of amides is 3. The lowest BCUT2D eigenvalue weighted by Crippen LogP contribution is -2.34. The SMILES string of the molecule is C=C(CCC/C=C1\SC(=O)CCCC1=O)N(C)CCN(C)C(=O)CCCCC1SC(=O)NC1=O. The number of Topliss-reactive ketones (excluding diaryl/α,β-unsaturated/α-hetero) is 1. The zero-order chi connectivity index (χ0) is 25.1. The average molecular weight is 510 g/mol. The van der Waals surface area contributed by atoms with Crippen LogP contribution in [0.3, 0.4) is 0 Å². The number of carbonyl (C=O) groups excluding carboxylic acids is 5. The molecule has 2 aliphatic heterocycles. The van der Waals surface area contributed by atoms with Crippen LogP contribution < -0.4 is 5.32 Å². The van der Waals surface area contributed by atoms with Gasteiger partial charge in [-0.15, -0.1) is 0 Å². The molecule has 10 heteroatoms. The van der Waals surface area contributed by atoms with Gasteiger partial charge in [0.2, 0.25) is 11.8 Å². The minimum absolute atomic E-state index is 0.0605. The van der Waals surface area contributed by atoms with E-state index in [1.807, 2.05) is 18.0 Å². The quantitative estimate of drug-likeness (QED) is 0.295. The molecular weight excluding hydrogens is 474 g/mol. The molecule has 1 unspecified atom stereocenters. The van der Waals surface area contributed by atoms with Crippen molar-refractivity contribution in [3.8, 4) is 0 Å². The molecule has 0 aromatic rings. The fourth-order valence-electron chi connectivity index (χ4n) is 3.60. The summed E-state index contributed by atoms with van der Waals surface area (Å²) in [6.45, 7) is 5.39. The predicted molar refractivity (Wildman–Crippen MR) is 136 cm³/mol. The molecule has 1 atom stereocenters. The van der Waals surface area contributed by atoms with Crippen LogP contribution in [-0.4, -0.2) is 70.2 Å². The van der Waals surface area contributed by atoms with Crippen molar-refractivity contribution in [1.29, 1.82) is 0 Å². The first-order chi connectivity index (χ1) is 16.2. The summed E-state index contributed by atoms with van der Waals surface area (Å²) < 4.78 is 0. The van der Waals surface area contributed by atoms with Crippen molar-refractivity contribution < 1.29 is 24.0 Å². The Bertz CT molecular complexity index is 842. The Morgan fingerprint density at radius 3 is 2.50 bits per heavy atom. The monoisotopic (exact) mass is 509 g/mol. The highest BCUT2D eigenvalue weighted by Gasteiger charge is 2.30. The van der Waals surface area contributed by atoms with Gasteiger partial charge in [-0.2, -0.15) is 0 Å². The minimum atomic E-state index is -0.329. The topological polar surface area (TPSA) is 104 Å². The van der Waals surface area contributed by atoms with E-state index in [9.17, 15) is 24.0 Å². The molecule has 34 heavy (non-hydrogen) atoms. The van der Waals surface area contributed by atoms with Crippen LogP contribution in [0.25, 0.3) is 0 Å². The van der Waals surface area contributed by atoms with Gasteiger partial charge < -0.3 is 9.80 Å². The number of allylic oxidation sites excluding steroid dienone is 3. The number of ketones is 1. The van der Waals surface area contributed by atoms with E-state index >= 15 is 0 Å². The Morgan fingerprint density at radius 2 is 1.79 bits per heavy atom. The third kappa shape index (κ3) is 9.66. The molecule has 2 rings (SSSR count). The molecule has 0 radical (unpaired) electrons. The average Bonchev–Trinajstić information content (AvgIpc) is 3.02. The zero-order valence-corrected chi connectivity index (χ0v) is 21.7. The van der Waals surface area contributed by atoms with Crippen molar-refractivity contribution >= 4 is 51.5 Å². The van der Waals surface area contributed by atoms with Crippen molar-refractivity contribution in [2.45, 2.75) is 69.5 Å². The molecule has 0 saturated carbocycles. The van der Waals surface area contributed by atoms with Crippen molar-refractivity contribution in [3.63, 3.8) is 0 Å². The summed E-state index contributed by atoms with van der Waals surface area (Å²) in [7, 11) is 3.74. The highest BCUT2D eigenvalue weighted by atomic mass is 32.2. The number of hydrogen-bond acceptors (Lipinski definition) is 8.